The Balaban J connectivity index is 2.25. The van der Waals surface area contributed by atoms with Crippen LogP contribution in [0.25, 0.3) is 0 Å². The number of allylic oxidation sites excluding steroid dienone is 1. The summed E-state index contributed by atoms with van der Waals surface area (Å²) in [7, 11) is 1.84. The van der Waals surface area contributed by atoms with Gasteiger partial charge in [0.05, 0.1) is 22.1 Å². The quantitative estimate of drug-likeness (QED) is 0.912. The lowest BCUT2D eigenvalue weighted by atomic mass is 10.2. The van der Waals surface area contributed by atoms with Gasteiger partial charge in [0.2, 0.25) is 0 Å². The first-order valence-electron chi connectivity index (χ1n) is 5.29. The third-order valence-electron chi connectivity index (χ3n) is 2.64. The first kappa shape index (κ1) is 12.3. The average molecular weight is 270 g/mol. The molecule has 0 unspecified atom stereocenters. The Morgan fingerprint density at radius 1 is 1.47 bits per heavy atom. The number of halogens is 2. The molecule has 1 heterocycles. The van der Waals surface area contributed by atoms with Crippen LogP contribution in [0.4, 0.5) is 5.69 Å². The standard InChI is InChI=1S/C12H13Cl2N3/c1-8(15-2)11-5-6-17(16-11)12-4-3-9(13)7-10(12)14/h3-4,7,15H,1,5-6H2,2H3. The van der Waals surface area contributed by atoms with Crippen LogP contribution in [-0.4, -0.2) is 19.3 Å². The van der Waals surface area contributed by atoms with Crippen LogP contribution in [0.1, 0.15) is 6.42 Å². The Kier molecular flexibility index (Phi) is 3.60. The minimum atomic E-state index is 0.609. The molecule has 0 fully saturated rings. The Labute approximate surface area is 111 Å². The van der Waals surface area contributed by atoms with E-state index in [2.05, 4.69) is 17.0 Å². The van der Waals surface area contributed by atoms with E-state index in [1.807, 2.05) is 24.2 Å². The lowest BCUT2D eigenvalue weighted by molar-refractivity contribution is 0.922. The fourth-order valence-electron chi connectivity index (χ4n) is 1.68. The second-order valence-electron chi connectivity index (χ2n) is 3.74. The number of hydrazone groups is 1. The van der Waals surface area contributed by atoms with Crippen molar-refractivity contribution in [3.05, 3.63) is 40.5 Å². The van der Waals surface area contributed by atoms with Gasteiger partial charge in [-0.2, -0.15) is 5.10 Å². The Morgan fingerprint density at radius 3 is 2.88 bits per heavy atom. The summed E-state index contributed by atoms with van der Waals surface area (Å²) in [6.07, 6.45) is 0.860. The fourth-order valence-corrected chi connectivity index (χ4v) is 2.18. The molecule has 1 N–H and O–H groups in total. The van der Waals surface area contributed by atoms with E-state index in [0.29, 0.717) is 10.0 Å². The molecule has 17 heavy (non-hydrogen) atoms. The molecule has 0 amide bonds. The summed E-state index contributed by atoms with van der Waals surface area (Å²) in [5.74, 6) is 0. The van der Waals surface area contributed by atoms with Crippen molar-refractivity contribution in [1.29, 1.82) is 0 Å². The molecule has 1 aliphatic heterocycles. The van der Waals surface area contributed by atoms with E-state index < -0.39 is 0 Å². The van der Waals surface area contributed by atoms with E-state index >= 15 is 0 Å². The van der Waals surface area contributed by atoms with Crippen molar-refractivity contribution in [2.24, 2.45) is 5.10 Å². The summed E-state index contributed by atoms with van der Waals surface area (Å²) >= 11 is 12.0. The molecule has 0 aromatic heterocycles. The van der Waals surface area contributed by atoms with Crippen molar-refractivity contribution in [1.82, 2.24) is 5.32 Å². The molecular formula is C12H13Cl2N3. The SMILES string of the molecule is C=C(NC)C1=NN(c2ccc(Cl)cc2Cl)CC1. The van der Waals surface area contributed by atoms with Crippen LogP contribution in [0.5, 0.6) is 0 Å². The molecule has 0 spiro atoms. The number of nitrogens with one attached hydrogen (secondary N) is 1. The zero-order valence-electron chi connectivity index (χ0n) is 9.50. The van der Waals surface area contributed by atoms with Gasteiger partial charge in [0.1, 0.15) is 0 Å². The molecule has 3 nitrogen and oxygen atoms in total. The normalized spacial score (nSPS) is 14.8. The zero-order chi connectivity index (χ0) is 12.4. The third-order valence-corrected chi connectivity index (χ3v) is 3.18. The maximum atomic E-state index is 6.14. The van der Waals surface area contributed by atoms with E-state index in [4.69, 9.17) is 23.2 Å². The molecule has 0 aliphatic carbocycles. The predicted molar refractivity (Wildman–Crippen MR) is 74.1 cm³/mol. The summed E-state index contributed by atoms with van der Waals surface area (Å²) in [5.41, 5.74) is 2.67. The molecule has 1 aromatic rings. The van der Waals surface area contributed by atoms with Gasteiger partial charge in [-0.25, -0.2) is 0 Å². The monoisotopic (exact) mass is 269 g/mol. The van der Waals surface area contributed by atoms with Crippen LogP contribution in [0.3, 0.4) is 0 Å². The molecular weight excluding hydrogens is 257 g/mol. The smallest absolute Gasteiger partial charge is 0.0852 e. The third kappa shape index (κ3) is 2.56. The second-order valence-corrected chi connectivity index (χ2v) is 4.59. The lowest BCUT2D eigenvalue weighted by Gasteiger charge is -2.15. The summed E-state index contributed by atoms with van der Waals surface area (Å²) in [5, 5.41) is 10.6. The van der Waals surface area contributed by atoms with E-state index in [1.54, 1.807) is 6.07 Å². The van der Waals surface area contributed by atoms with Gasteiger partial charge in [-0.1, -0.05) is 29.8 Å². The van der Waals surface area contributed by atoms with Crippen molar-refractivity contribution < 1.29 is 0 Å². The van der Waals surface area contributed by atoms with Crippen LogP contribution in [-0.2, 0) is 0 Å². The second kappa shape index (κ2) is 4.98. The molecule has 0 saturated carbocycles. The van der Waals surface area contributed by atoms with Crippen molar-refractivity contribution in [3.8, 4) is 0 Å². The molecule has 90 valence electrons. The van der Waals surface area contributed by atoms with Crippen molar-refractivity contribution in [2.45, 2.75) is 6.42 Å². The predicted octanol–water partition coefficient (Wildman–Crippen LogP) is 3.29. The van der Waals surface area contributed by atoms with Gasteiger partial charge in [-0.15, -0.1) is 0 Å². The highest BCUT2D eigenvalue weighted by atomic mass is 35.5. The van der Waals surface area contributed by atoms with Crippen LogP contribution in [0.2, 0.25) is 10.0 Å². The maximum Gasteiger partial charge on any atom is 0.0852 e. The van der Waals surface area contributed by atoms with Crippen LogP contribution in [0, 0.1) is 0 Å². The van der Waals surface area contributed by atoms with E-state index in [1.165, 1.54) is 0 Å². The summed E-state index contributed by atoms with van der Waals surface area (Å²) in [6.45, 7) is 4.70. The van der Waals surface area contributed by atoms with Gasteiger partial charge >= 0.3 is 0 Å². The highest BCUT2D eigenvalue weighted by Gasteiger charge is 2.19. The molecule has 2 rings (SSSR count). The maximum absolute atomic E-state index is 6.14. The molecule has 1 aromatic carbocycles. The van der Waals surface area contributed by atoms with Crippen LogP contribution >= 0.6 is 23.2 Å². The molecule has 0 atom stereocenters. The number of rotatable bonds is 3. The average Bonchev–Trinajstić information content (AvgIpc) is 2.77. The van der Waals surface area contributed by atoms with Crippen LogP contribution < -0.4 is 10.3 Å². The van der Waals surface area contributed by atoms with E-state index in [-0.39, 0.29) is 0 Å². The molecule has 0 saturated heterocycles. The van der Waals surface area contributed by atoms with E-state index in [9.17, 15) is 0 Å². The largest absolute Gasteiger partial charge is 0.387 e. The topological polar surface area (TPSA) is 27.6 Å². The zero-order valence-corrected chi connectivity index (χ0v) is 11.0. The molecule has 5 heteroatoms. The fraction of sp³-hybridized carbons (Fsp3) is 0.250. The van der Waals surface area contributed by atoms with Gasteiger partial charge in [0.25, 0.3) is 0 Å². The van der Waals surface area contributed by atoms with Gasteiger partial charge < -0.3 is 5.32 Å². The first-order valence-corrected chi connectivity index (χ1v) is 6.04. The molecule has 0 bridgehead atoms. The molecule has 1 aliphatic rings. The Hall–Kier alpha value is -1.19. The summed E-state index contributed by atoms with van der Waals surface area (Å²) in [6, 6.07) is 5.40. The highest BCUT2D eigenvalue weighted by molar-refractivity contribution is 6.36. The lowest BCUT2D eigenvalue weighted by Crippen LogP contribution is -2.13. The van der Waals surface area contributed by atoms with Crippen molar-refractivity contribution in [3.63, 3.8) is 0 Å². The first-order chi connectivity index (χ1) is 8.11. The van der Waals surface area contributed by atoms with Gasteiger partial charge in [0, 0.05) is 25.0 Å². The van der Waals surface area contributed by atoms with Gasteiger partial charge in [0.15, 0.2) is 0 Å². The number of hydrogen-bond acceptors (Lipinski definition) is 3. The number of anilines is 1. The van der Waals surface area contributed by atoms with Gasteiger partial charge in [-0.3, -0.25) is 5.01 Å². The summed E-state index contributed by atoms with van der Waals surface area (Å²) in [4.78, 5) is 0. The minimum absolute atomic E-state index is 0.609. The highest BCUT2D eigenvalue weighted by Crippen LogP contribution is 2.31. The minimum Gasteiger partial charge on any atom is -0.387 e. The Morgan fingerprint density at radius 2 is 2.24 bits per heavy atom. The van der Waals surface area contributed by atoms with E-state index in [0.717, 1.165) is 30.1 Å². The number of benzene rings is 1. The molecule has 0 radical (unpaired) electrons. The number of nitrogens with zero attached hydrogens (tertiary/aromatic N) is 2. The van der Waals surface area contributed by atoms with Crippen molar-refractivity contribution in [2.75, 3.05) is 18.6 Å². The summed E-state index contributed by atoms with van der Waals surface area (Å²) < 4.78 is 0. The van der Waals surface area contributed by atoms with Crippen LogP contribution in [0.15, 0.2) is 35.6 Å². The van der Waals surface area contributed by atoms with Gasteiger partial charge in [-0.05, 0) is 18.2 Å². The van der Waals surface area contributed by atoms with Crippen molar-refractivity contribution >= 4 is 34.6 Å². The number of hydrogen-bond donors (Lipinski definition) is 1. The Bertz CT molecular complexity index is 483.